The van der Waals surface area contributed by atoms with Crippen LogP contribution in [0.3, 0.4) is 0 Å². The summed E-state index contributed by atoms with van der Waals surface area (Å²) in [5, 5.41) is 0. The first-order valence-corrected chi connectivity index (χ1v) is 5.87. The van der Waals surface area contributed by atoms with Crippen molar-refractivity contribution in [3.63, 3.8) is 0 Å². The molecule has 0 radical (unpaired) electrons. The summed E-state index contributed by atoms with van der Waals surface area (Å²) in [6.45, 7) is 1.92. The van der Waals surface area contributed by atoms with Crippen LogP contribution in [-0.4, -0.2) is 0 Å². The van der Waals surface area contributed by atoms with Crippen molar-refractivity contribution in [2.24, 2.45) is 5.73 Å². The molecule has 0 saturated carbocycles. The molecule has 2 aromatic carbocycles. The topological polar surface area (TPSA) is 26.0 Å². The van der Waals surface area contributed by atoms with E-state index in [1.807, 2.05) is 6.92 Å². The van der Waals surface area contributed by atoms with Crippen molar-refractivity contribution < 1.29 is 8.78 Å². The first kappa shape index (κ1) is 12.7. The van der Waals surface area contributed by atoms with E-state index in [0.29, 0.717) is 12.0 Å². The molecule has 0 aromatic heterocycles. The number of rotatable bonds is 3. The molecule has 94 valence electrons. The summed E-state index contributed by atoms with van der Waals surface area (Å²) in [5.41, 5.74) is 7.04. The maximum Gasteiger partial charge on any atom is 0.123 e. The Kier molecular flexibility index (Phi) is 3.43. The van der Waals surface area contributed by atoms with Crippen LogP contribution in [0.25, 0.3) is 0 Å². The molecule has 0 heterocycles. The molecule has 3 heteroatoms. The van der Waals surface area contributed by atoms with Crippen LogP contribution < -0.4 is 5.73 Å². The van der Waals surface area contributed by atoms with Gasteiger partial charge in [0.25, 0.3) is 0 Å². The molecule has 1 atom stereocenters. The van der Waals surface area contributed by atoms with E-state index in [4.69, 9.17) is 5.73 Å². The zero-order valence-electron chi connectivity index (χ0n) is 10.2. The lowest BCUT2D eigenvalue weighted by atomic mass is 9.81. The van der Waals surface area contributed by atoms with Gasteiger partial charge >= 0.3 is 0 Å². The van der Waals surface area contributed by atoms with Crippen molar-refractivity contribution in [3.8, 4) is 0 Å². The molecular formula is C15H15F2N. The summed E-state index contributed by atoms with van der Waals surface area (Å²) in [7, 11) is 0. The van der Waals surface area contributed by atoms with Crippen LogP contribution in [0.15, 0.2) is 48.5 Å². The van der Waals surface area contributed by atoms with Gasteiger partial charge in [0, 0.05) is 0 Å². The van der Waals surface area contributed by atoms with Crippen molar-refractivity contribution in [3.05, 3.63) is 71.3 Å². The molecule has 0 bridgehead atoms. The van der Waals surface area contributed by atoms with Gasteiger partial charge in [0.1, 0.15) is 11.6 Å². The highest BCUT2D eigenvalue weighted by molar-refractivity contribution is 5.37. The Labute approximate surface area is 105 Å². The summed E-state index contributed by atoms with van der Waals surface area (Å²) in [6.07, 6.45) is 0.599. The van der Waals surface area contributed by atoms with Gasteiger partial charge < -0.3 is 5.73 Å². The highest BCUT2D eigenvalue weighted by Crippen LogP contribution is 2.30. The van der Waals surface area contributed by atoms with Crippen LogP contribution >= 0.6 is 0 Å². The fourth-order valence-electron chi connectivity index (χ4n) is 2.09. The second-order valence-corrected chi connectivity index (χ2v) is 4.34. The smallest absolute Gasteiger partial charge is 0.123 e. The van der Waals surface area contributed by atoms with E-state index < -0.39 is 5.54 Å². The van der Waals surface area contributed by atoms with Crippen molar-refractivity contribution in [2.45, 2.75) is 18.9 Å². The molecule has 2 N–H and O–H groups in total. The zero-order chi connectivity index (χ0) is 13.2. The van der Waals surface area contributed by atoms with Gasteiger partial charge in [-0.3, -0.25) is 0 Å². The summed E-state index contributed by atoms with van der Waals surface area (Å²) >= 11 is 0. The zero-order valence-corrected chi connectivity index (χ0v) is 10.2. The summed E-state index contributed by atoms with van der Waals surface area (Å²) < 4.78 is 26.2. The number of halogens is 2. The van der Waals surface area contributed by atoms with E-state index in [2.05, 4.69) is 0 Å². The number of hydrogen-bond donors (Lipinski definition) is 1. The van der Waals surface area contributed by atoms with Gasteiger partial charge in [0.15, 0.2) is 0 Å². The predicted molar refractivity (Wildman–Crippen MR) is 68.1 cm³/mol. The van der Waals surface area contributed by atoms with Gasteiger partial charge in [-0.1, -0.05) is 31.2 Å². The molecule has 1 nitrogen and oxygen atoms in total. The highest BCUT2D eigenvalue weighted by atomic mass is 19.1. The van der Waals surface area contributed by atoms with Crippen LogP contribution in [-0.2, 0) is 5.54 Å². The molecule has 0 aliphatic heterocycles. The Morgan fingerprint density at radius 2 is 1.61 bits per heavy atom. The first-order chi connectivity index (χ1) is 8.56. The normalized spacial score (nSPS) is 14.2. The molecule has 0 aliphatic rings. The van der Waals surface area contributed by atoms with E-state index in [1.54, 1.807) is 24.3 Å². The lowest BCUT2D eigenvalue weighted by Gasteiger charge is -2.29. The second kappa shape index (κ2) is 4.86. The highest BCUT2D eigenvalue weighted by Gasteiger charge is 2.27. The quantitative estimate of drug-likeness (QED) is 0.881. The maximum atomic E-state index is 13.3. The third kappa shape index (κ3) is 2.27. The van der Waals surface area contributed by atoms with E-state index >= 15 is 0 Å². The van der Waals surface area contributed by atoms with Crippen molar-refractivity contribution in [1.82, 2.24) is 0 Å². The number of nitrogens with two attached hydrogens (primary N) is 1. The van der Waals surface area contributed by atoms with E-state index in [0.717, 1.165) is 5.56 Å². The first-order valence-electron chi connectivity index (χ1n) is 5.87. The molecule has 18 heavy (non-hydrogen) atoms. The maximum absolute atomic E-state index is 13.3. The van der Waals surface area contributed by atoms with E-state index in [-0.39, 0.29) is 11.6 Å². The second-order valence-electron chi connectivity index (χ2n) is 4.34. The minimum Gasteiger partial charge on any atom is -0.318 e. The lowest BCUT2D eigenvalue weighted by Crippen LogP contribution is -2.37. The molecule has 2 rings (SSSR count). The third-order valence-corrected chi connectivity index (χ3v) is 3.26. The van der Waals surface area contributed by atoms with Crippen LogP contribution in [0.4, 0.5) is 8.78 Å². The Hall–Kier alpha value is -1.74. The van der Waals surface area contributed by atoms with Gasteiger partial charge in [-0.2, -0.15) is 0 Å². The van der Waals surface area contributed by atoms with Gasteiger partial charge in [0.05, 0.1) is 5.54 Å². The Balaban J connectivity index is 2.51. The summed E-state index contributed by atoms with van der Waals surface area (Å²) in [6, 6.07) is 12.2. The standard InChI is InChI=1S/C15H15F2N/c1-2-15(18,11-6-8-13(16)9-7-11)12-4-3-5-14(17)10-12/h3-10H,2,18H2,1H3. The van der Waals surface area contributed by atoms with Crippen molar-refractivity contribution in [1.29, 1.82) is 0 Å². The number of benzene rings is 2. The van der Waals surface area contributed by atoms with Gasteiger partial charge in [-0.25, -0.2) is 8.78 Å². The molecule has 0 amide bonds. The summed E-state index contributed by atoms with van der Waals surface area (Å²) in [5.74, 6) is -0.630. The van der Waals surface area contributed by atoms with Gasteiger partial charge in [-0.15, -0.1) is 0 Å². The fourth-order valence-corrected chi connectivity index (χ4v) is 2.09. The predicted octanol–water partition coefficient (Wildman–Crippen LogP) is 3.58. The van der Waals surface area contributed by atoms with Crippen molar-refractivity contribution in [2.75, 3.05) is 0 Å². The van der Waals surface area contributed by atoms with Crippen LogP contribution in [0.2, 0.25) is 0 Å². The van der Waals surface area contributed by atoms with Gasteiger partial charge in [-0.05, 0) is 41.8 Å². The average Bonchev–Trinajstić information content (AvgIpc) is 2.38. The third-order valence-electron chi connectivity index (χ3n) is 3.26. The SMILES string of the molecule is CCC(N)(c1ccc(F)cc1)c1cccc(F)c1. The molecule has 1 unspecified atom stereocenters. The largest absolute Gasteiger partial charge is 0.318 e. The molecule has 0 aliphatic carbocycles. The molecule has 0 spiro atoms. The number of hydrogen-bond acceptors (Lipinski definition) is 1. The summed E-state index contributed by atoms with van der Waals surface area (Å²) in [4.78, 5) is 0. The van der Waals surface area contributed by atoms with E-state index in [1.165, 1.54) is 24.3 Å². The minimum absolute atomic E-state index is 0.309. The van der Waals surface area contributed by atoms with Gasteiger partial charge in [0.2, 0.25) is 0 Å². The lowest BCUT2D eigenvalue weighted by molar-refractivity contribution is 0.510. The monoisotopic (exact) mass is 247 g/mol. The molecular weight excluding hydrogens is 232 g/mol. The molecule has 0 saturated heterocycles. The average molecular weight is 247 g/mol. The van der Waals surface area contributed by atoms with E-state index in [9.17, 15) is 8.78 Å². The molecule has 2 aromatic rings. The Morgan fingerprint density at radius 1 is 0.944 bits per heavy atom. The minimum atomic E-state index is -0.796. The van der Waals surface area contributed by atoms with Crippen molar-refractivity contribution >= 4 is 0 Å². The fraction of sp³-hybridized carbons (Fsp3) is 0.200. The Morgan fingerprint density at radius 3 is 2.17 bits per heavy atom. The van der Waals surface area contributed by atoms with Crippen LogP contribution in [0, 0.1) is 11.6 Å². The Bertz CT molecular complexity index is 536. The van der Waals surface area contributed by atoms with Crippen LogP contribution in [0.1, 0.15) is 24.5 Å². The molecule has 0 fully saturated rings. The van der Waals surface area contributed by atoms with Crippen LogP contribution in [0.5, 0.6) is 0 Å².